The summed E-state index contributed by atoms with van der Waals surface area (Å²) in [6, 6.07) is 12.3. The molecule has 6 nitrogen and oxygen atoms in total. The maximum absolute atomic E-state index is 12.8. The van der Waals surface area contributed by atoms with E-state index in [9.17, 15) is 9.59 Å². The number of carbonyl (C=O) groups is 1. The topological polar surface area (TPSA) is 75.0 Å². The highest BCUT2D eigenvalue weighted by molar-refractivity contribution is 5.79. The molecule has 2 aromatic carbocycles. The van der Waals surface area contributed by atoms with E-state index in [2.05, 4.69) is 0 Å². The lowest BCUT2D eigenvalue weighted by atomic mass is 9.98. The molecule has 1 aliphatic rings. The molecule has 1 fully saturated rings. The summed E-state index contributed by atoms with van der Waals surface area (Å²) in [6.45, 7) is 3.60. The van der Waals surface area contributed by atoms with Gasteiger partial charge in [0.2, 0.25) is 11.2 Å². The van der Waals surface area contributed by atoms with Gasteiger partial charge in [-0.25, -0.2) is 4.79 Å². The van der Waals surface area contributed by atoms with Gasteiger partial charge in [-0.2, -0.15) is 0 Å². The van der Waals surface area contributed by atoms with E-state index in [1.807, 2.05) is 25.1 Å². The number of hydrogen-bond acceptors (Lipinski definition) is 6. The van der Waals surface area contributed by atoms with Crippen LogP contribution in [0.1, 0.15) is 44.6 Å². The third-order valence-electron chi connectivity index (χ3n) is 5.41. The first-order valence-corrected chi connectivity index (χ1v) is 10.7. The summed E-state index contributed by atoms with van der Waals surface area (Å²) in [5.41, 5.74) is 1.10. The number of hydrogen-bond donors (Lipinski definition) is 0. The molecule has 0 bridgehead atoms. The van der Waals surface area contributed by atoms with Gasteiger partial charge in [0, 0.05) is 6.07 Å². The van der Waals surface area contributed by atoms with Gasteiger partial charge in [-0.05, 0) is 69.4 Å². The Bertz CT molecular complexity index is 1130. The van der Waals surface area contributed by atoms with Gasteiger partial charge < -0.3 is 18.6 Å². The van der Waals surface area contributed by atoms with Crippen molar-refractivity contribution in [2.75, 3.05) is 0 Å². The normalized spacial score (nSPS) is 15.4. The minimum atomic E-state index is -0.755. The Kier molecular flexibility index (Phi) is 6.26. The average Bonchev–Trinajstić information content (AvgIpc) is 2.76. The monoisotopic (exact) mass is 422 g/mol. The quantitative estimate of drug-likeness (QED) is 0.486. The summed E-state index contributed by atoms with van der Waals surface area (Å²) in [5, 5.41) is 0.370. The molecule has 6 heteroatoms. The van der Waals surface area contributed by atoms with Crippen LogP contribution in [0.5, 0.6) is 17.2 Å². The molecule has 3 aromatic rings. The lowest BCUT2D eigenvalue weighted by Crippen LogP contribution is -2.31. The molecule has 1 saturated carbocycles. The van der Waals surface area contributed by atoms with Crippen molar-refractivity contribution in [2.24, 2.45) is 0 Å². The fraction of sp³-hybridized carbons (Fsp3) is 0.360. The predicted octanol–water partition coefficient (Wildman–Crippen LogP) is 5.54. The Balaban J connectivity index is 1.46. The van der Waals surface area contributed by atoms with Crippen molar-refractivity contribution in [2.45, 2.75) is 58.2 Å². The average molecular weight is 422 g/mol. The van der Waals surface area contributed by atoms with Crippen molar-refractivity contribution < 1.29 is 23.4 Å². The van der Waals surface area contributed by atoms with E-state index in [0.717, 1.165) is 31.2 Å². The second kappa shape index (κ2) is 9.25. The number of ether oxygens (including phenoxy) is 3. The Hall–Kier alpha value is -3.28. The second-order valence-electron chi connectivity index (χ2n) is 7.96. The van der Waals surface area contributed by atoms with Crippen LogP contribution in [-0.2, 0) is 9.53 Å². The molecule has 0 aliphatic heterocycles. The zero-order valence-corrected chi connectivity index (χ0v) is 17.8. The Morgan fingerprint density at radius 1 is 1.06 bits per heavy atom. The fourth-order valence-electron chi connectivity index (χ4n) is 3.74. The van der Waals surface area contributed by atoms with Crippen molar-refractivity contribution in [1.29, 1.82) is 0 Å². The number of benzene rings is 2. The van der Waals surface area contributed by atoms with E-state index in [0.29, 0.717) is 22.5 Å². The SMILES string of the molecule is Cc1cccc(Oc2coc3cc(OC(C)C(=O)OC4CCCCC4)ccc3c2=O)c1. The number of fused-ring (bicyclic) bond motifs is 1. The third-order valence-corrected chi connectivity index (χ3v) is 5.41. The molecule has 0 amide bonds. The smallest absolute Gasteiger partial charge is 0.347 e. The summed E-state index contributed by atoms with van der Waals surface area (Å²) in [6.07, 6.45) is 5.71. The number of esters is 1. The number of carbonyl (C=O) groups excluding carboxylic acids is 1. The van der Waals surface area contributed by atoms with Crippen LogP contribution in [0.3, 0.4) is 0 Å². The van der Waals surface area contributed by atoms with E-state index in [4.69, 9.17) is 18.6 Å². The molecule has 4 rings (SSSR count). The first-order valence-electron chi connectivity index (χ1n) is 10.7. The summed E-state index contributed by atoms with van der Waals surface area (Å²) in [4.78, 5) is 25.1. The van der Waals surface area contributed by atoms with E-state index in [1.165, 1.54) is 12.7 Å². The van der Waals surface area contributed by atoms with Gasteiger partial charge in [-0.3, -0.25) is 4.79 Å². The van der Waals surface area contributed by atoms with Crippen LogP contribution in [0.25, 0.3) is 11.0 Å². The Morgan fingerprint density at radius 3 is 2.65 bits per heavy atom. The molecule has 1 heterocycles. The van der Waals surface area contributed by atoms with Crippen LogP contribution < -0.4 is 14.9 Å². The first kappa shape index (κ1) is 21.0. The zero-order chi connectivity index (χ0) is 21.8. The number of aryl methyl sites for hydroxylation is 1. The minimum Gasteiger partial charge on any atom is -0.479 e. The second-order valence-corrected chi connectivity index (χ2v) is 7.96. The van der Waals surface area contributed by atoms with Gasteiger partial charge >= 0.3 is 5.97 Å². The lowest BCUT2D eigenvalue weighted by molar-refractivity contribution is -0.158. The molecule has 0 radical (unpaired) electrons. The van der Waals surface area contributed by atoms with Gasteiger partial charge in [-0.1, -0.05) is 18.6 Å². The Morgan fingerprint density at radius 2 is 1.87 bits per heavy atom. The van der Waals surface area contributed by atoms with Crippen LogP contribution >= 0.6 is 0 Å². The van der Waals surface area contributed by atoms with Gasteiger partial charge in [0.25, 0.3) is 0 Å². The summed E-state index contributed by atoms with van der Waals surface area (Å²) in [7, 11) is 0. The van der Waals surface area contributed by atoms with E-state index < -0.39 is 6.10 Å². The maximum atomic E-state index is 12.8. The van der Waals surface area contributed by atoms with Crippen molar-refractivity contribution >= 4 is 16.9 Å². The molecule has 0 spiro atoms. The molecule has 1 unspecified atom stereocenters. The maximum Gasteiger partial charge on any atom is 0.347 e. The zero-order valence-electron chi connectivity index (χ0n) is 17.8. The van der Waals surface area contributed by atoms with Crippen molar-refractivity contribution in [3.63, 3.8) is 0 Å². The lowest BCUT2D eigenvalue weighted by Gasteiger charge is -2.23. The highest BCUT2D eigenvalue weighted by atomic mass is 16.6. The fourth-order valence-corrected chi connectivity index (χ4v) is 3.74. The summed E-state index contributed by atoms with van der Waals surface area (Å²) >= 11 is 0. The van der Waals surface area contributed by atoms with E-state index >= 15 is 0 Å². The van der Waals surface area contributed by atoms with Gasteiger partial charge in [0.05, 0.1) is 5.39 Å². The van der Waals surface area contributed by atoms with Crippen LogP contribution in [0, 0.1) is 6.92 Å². The van der Waals surface area contributed by atoms with Crippen molar-refractivity contribution in [3.05, 3.63) is 64.5 Å². The van der Waals surface area contributed by atoms with Gasteiger partial charge in [-0.15, -0.1) is 0 Å². The van der Waals surface area contributed by atoms with Crippen LogP contribution in [0.15, 0.2) is 57.9 Å². The standard InChI is InChI=1S/C25H26O6/c1-16-7-6-10-19(13-16)30-23-15-28-22-14-20(11-12-21(22)24(23)26)29-17(2)25(27)31-18-8-4-3-5-9-18/h6-7,10-15,17-18H,3-5,8-9H2,1-2H3. The summed E-state index contributed by atoms with van der Waals surface area (Å²) in [5.74, 6) is 0.722. The third kappa shape index (κ3) is 5.08. The molecule has 162 valence electrons. The highest BCUT2D eigenvalue weighted by Crippen LogP contribution is 2.26. The van der Waals surface area contributed by atoms with Crippen LogP contribution in [0.4, 0.5) is 0 Å². The predicted molar refractivity (Wildman–Crippen MR) is 117 cm³/mol. The van der Waals surface area contributed by atoms with Crippen LogP contribution in [0.2, 0.25) is 0 Å². The molecule has 1 atom stereocenters. The van der Waals surface area contributed by atoms with Crippen molar-refractivity contribution in [1.82, 2.24) is 0 Å². The van der Waals surface area contributed by atoms with Gasteiger partial charge in [0.15, 0.2) is 6.10 Å². The van der Waals surface area contributed by atoms with Crippen LogP contribution in [-0.4, -0.2) is 18.2 Å². The largest absolute Gasteiger partial charge is 0.479 e. The van der Waals surface area contributed by atoms with Crippen molar-refractivity contribution in [3.8, 4) is 17.2 Å². The van der Waals surface area contributed by atoms with E-state index in [1.54, 1.807) is 31.2 Å². The highest BCUT2D eigenvalue weighted by Gasteiger charge is 2.23. The molecular weight excluding hydrogens is 396 g/mol. The Labute approximate surface area is 180 Å². The molecular formula is C25H26O6. The molecule has 1 aliphatic carbocycles. The molecule has 0 N–H and O–H groups in total. The van der Waals surface area contributed by atoms with E-state index in [-0.39, 0.29) is 23.3 Å². The number of rotatable bonds is 6. The first-order chi connectivity index (χ1) is 15.0. The molecule has 1 aromatic heterocycles. The van der Waals surface area contributed by atoms with Gasteiger partial charge in [0.1, 0.15) is 29.4 Å². The molecule has 31 heavy (non-hydrogen) atoms. The summed E-state index contributed by atoms with van der Waals surface area (Å²) < 4.78 is 22.6. The molecule has 0 saturated heterocycles. The minimum absolute atomic E-state index is 0.0197.